The highest BCUT2D eigenvalue weighted by Gasteiger charge is 2.14. The third kappa shape index (κ3) is 2.26. The summed E-state index contributed by atoms with van der Waals surface area (Å²) in [7, 11) is 0. The van der Waals surface area contributed by atoms with Crippen molar-refractivity contribution in [2.24, 2.45) is 0 Å². The number of rotatable bonds is 1. The monoisotopic (exact) mass is 365 g/mol. The van der Waals surface area contributed by atoms with Gasteiger partial charge < -0.3 is 4.98 Å². The van der Waals surface area contributed by atoms with Crippen molar-refractivity contribution in [2.45, 2.75) is 0 Å². The van der Waals surface area contributed by atoms with Crippen molar-refractivity contribution in [1.82, 2.24) is 9.55 Å². The Labute approximate surface area is 131 Å². The zero-order chi connectivity index (χ0) is 15.1. The zero-order valence-corrected chi connectivity index (χ0v) is 12.7. The van der Waals surface area contributed by atoms with Crippen molar-refractivity contribution in [3.8, 4) is 11.8 Å². The van der Waals surface area contributed by atoms with Crippen LogP contribution >= 0.6 is 28.1 Å². The number of nitrogens with zero attached hydrogens (tertiary/aromatic N) is 2. The van der Waals surface area contributed by atoms with Crippen LogP contribution in [0.4, 0.5) is 8.78 Å². The Balaban J connectivity index is 2.44. The lowest BCUT2D eigenvalue weighted by atomic mass is 10.2. The van der Waals surface area contributed by atoms with Crippen LogP contribution in [0.5, 0.6) is 0 Å². The molecule has 3 aromatic rings. The fraction of sp³-hybridized carbons (Fsp3) is 0. The highest BCUT2D eigenvalue weighted by molar-refractivity contribution is 9.10. The van der Waals surface area contributed by atoms with Crippen LogP contribution in [-0.4, -0.2) is 9.55 Å². The van der Waals surface area contributed by atoms with Gasteiger partial charge in [0.2, 0.25) is 0 Å². The Morgan fingerprint density at radius 3 is 2.71 bits per heavy atom. The molecule has 0 bridgehead atoms. The van der Waals surface area contributed by atoms with Crippen LogP contribution in [-0.2, 0) is 0 Å². The predicted molar refractivity (Wildman–Crippen MR) is 80.8 cm³/mol. The third-order valence-corrected chi connectivity index (χ3v) is 3.81. The Bertz CT molecular complexity index is 969. The highest BCUT2D eigenvalue weighted by atomic mass is 79.9. The lowest BCUT2D eigenvalue weighted by molar-refractivity contribution is 0.590. The number of imidazole rings is 1. The quantitative estimate of drug-likeness (QED) is 0.640. The minimum atomic E-state index is -0.731. The molecule has 0 atom stereocenters. The molecule has 1 aromatic heterocycles. The lowest BCUT2D eigenvalue weighted by Crippen LogP contribution is -1.98. The molecular formula is C14H6BrF2N3S. The molecule has 2 aromatic carbocycles. The first-order chi connectivity index (χ1) is 10.0. The molecule has 0 aliphatic rings. The van der Waals surface area contributed by atoms with E-state index in [1.54, 1.807) is 18.2 Å². The molecule has 1 N–H and O–H groups in total. The second kappa shape index (κ2) is 5.06. The number of hydrogen-bond donors (Lipinski definition) is 1. The van der Waals surface area contributed by atoms with Gasteiger partial charge in [0, 0.05) is 16.6 Å². The van der Waals surface area contributed by atoms with Gasteiger partial charge in [0.25, 0.3) is 0 Å². The van der Waals surface area contributed by atoms with E-state index < -0.39 is 11.6 Å². The van der Waals surface area contributed by atoms with Crippen molar-refractivity contribution in [3.05, 3.63) is 56.8 Å². The van der Waals surface area contributed by atoms with Crippen LogP contribution in [0.2, 0.25) is 0 Å². The fourth-order valence-electron chi connectivity index (χ4n) is 2.16. The minimum absolute atomic E-state index is 0.105. The van der Waals surface area contributed by atoms with Crippen molar-refractivity contribution < 1.29 is 8.78 Å². The van der Waals surface area contributed by atoms with E-state index in [0.717, 1.165) is 10.5 Å². The van der Waals surface area contributed by atoms with Crippen LogP contribution in [0, 0.1) is 27.7 Å². The third-order valence-electron chi connectivity index (χ3n) is 3.03. The van der Waals surface area contributed by atoms with Gasteiger partial charge in [0.1, 0.15) is 17.4 Å². The SMILES string of the molecule is N#Cc1cc(Br)ccc1-n1c(=S)[nH]c2c(F)cc(F)cc21. The van der Waals surface area contributed by atoms with E-state index in [9.17, 15) is 14.0 Å². The molecule has 0 radical (unpaired) electrons. The van der Waals surface area contributed by atoms with Gasteiger partial charge in [0.05, 0.1) is 16.8 Å². The molecule has 3 nitrogen and oxygen atoms in total. The van der Waals surface area contributed by atoms with Gasteiger partial charge >= 0.3 is 0 Å². The second-order valence-electron chi connectivity index (χ2n) is 4.32. The number of nitrogens with one attached hydrogen (secondary N) is 1. The van der Waals surface area contributed by atoms with Crippen LogP contribution in [0.25, 0.3) is 16.7 Å². The van der Waals surface area contributed by atoms with Gasteiger partial charge in [-0.15, -0.1) is 0 Å². The normalized spacial score (nSPS) is 10.8. The first-order valence-electron chi connectivity index (χ1n) is 5.81. The van der Waals surface area contributed by atoms with Gasteiger partial charge in [-0.2, -0.15) is 5.26 Å². The molecular weight excluding hydrogens is 360 g/mol. The summed E-state index contributed by atoms with van der Waals surface area (Å²) in [4.78, 5) is 2.70. The minimum Gasteiger partial charge on any atom is -0.328 e. The van der Waals surface area contributed by atoms with Gasteiger partial charge in [-0.1, -0.05) is 15.9 Å². The second-order valence-corrected chi connectivity index (χ2v) is 5.62. The first kappa shape index (κ1) is 13.9. The maximum atomic E-state index is 13.8. The molecule has 0 aliphatic heterocycles. The number of H-pyrrole nitrogens is 1. The molecule has 1 heterocycles. The van der Waals surface area contributed by atoms with Gasteiger partial charge in [-0.25, -0.2) is 8.78 Å². The number of benzene rings is 2. The Kier molecular flexibility index (Phi) is 3.35. The zero-order valence-electron chi connectivity index (χ0n) is 10.3. The van der Waals surface area contributed by atoms with E-state index in [2.05, 4.69) is 20.9 Å². The summed E-state index contributed by atoms with van der Waals surface area (Å²) in [6, 6.07) is 9.01. The number of nitriles is 1. The Morgan fingerprint density at radius 1 is 1.24 bits per heavy atom. The maximum Gasteiger partial charge on any atom is 0.182 e. The van der Waals surface area contributed by atoms with Gasteiger partial charge in [-0.3, -0.25) is 4.57 Å². The molecule has 0 spiro atoms. The van der Waals surface area contributed by atoms with Gasteiger partial charge in [0.15, 0.2) is 10.6 Å². The molecule has 0 unspecified atom stereocenters. The van der Waals surface area contributed by atoms with Crippen LogP contribution < -0.4 is 0 Å². The van der Waals surface area contributed by atoms with E-state index in [1.807, 2.05) is 6.07 Å². The van der Waals surface area contributed by atoms with Gasteiger partial charge in [-0.05, 0) is 30.4 Å². The Morgan fingerprint density at radius 2 is 2.00 bits per heavy atom. The molecule has 0 fully saturated rings. The number of aromatic amines is 1. The Hall–Kier alpha value is -2.04. The van der Waals surface area contributed by atoms with Crippen molar-refractivity contribution >= 4 is 39.2 Å². The average molecular weight is 366 g/mol. The van der Waals surface area contributed by atoms with Crippen molar-refractivity contribution in [1.29, 1.82) is 5.26 Å². The maximum absolute atomic E-state index is 13.8. The fourth-order valence-corrected chi connectivity index (χ4v) is 2.82. The van der Waals surface area contributed by atoms with E-state index in [0.29, 0.717) is 11.3 Å². The molecule has 0 aliphatic carbocycles. The number of hydrogen-bond acceptors (Lipinski definition) is 2. The predicted octanol–water partition coefficient (Wildman–Crippen LogP) is 4.60. The summed E-state index contributed by atoms with van der Waals surface area (Å²) >= 11 is 8.45. The van der Waals surface area contributed by atoms with Crippen LogP contribution in [0.15, 0.2) is 34.8 Å². The first-order valence-corrected chi connectivity index (χ1v) is 7.01. The molecule has 104 valence electrons. The van der Waals surface area contributed by atoms with E-state index in [1.165, 1.54) is 10.6 Å². The lowest BCUT2D eigenvalue weighted by Gasteiger charge is -2.07. The number of aromatic nitrogens is 2. The molecule has 0 amide bonds. The summed E-state index contributed by atoms with van der Waals surface area (Å²) in [6.07, 6.45) is 0. The molecule has 3 rings (SSSR count). The molecule has 7 heteroatoms. The van der Waals surface area contributed by atoms with E-state index in [4.69, 9.17) is 12.2 Å². The average Bonchev–Trinajstić information content (AvgIpc) is 2.75. The van der Waals surface area contributed by atoms with Crippen molar-refractivity contribution in [2.75, 3.05) is 0 Å². The summed E-state index contributed by atoms with van der Waals surface area (Å²) in [5.74, 6) is -1.44. The standard InChI is InChI=1S/C14H6BrF2N3S/c15-8-1-2-11(7(3-8)6-18)20-12-5-9(16)4-10(17)13(12)19-14(20)21/h1-5H,(H,19,21). The summed E-state index contributed by atoms with van der Waals surface area (Å²) < 4.78 is 29.6. The molecule has 0 saturated heterocycles. The van der Waals surface area contributed by atoms with Crippen molar-refractivity contribution in [3.63, 3.8) is 0 Å². The molecule has 21 heavy (non-hydrogen) atoms. The summed E-state index contributed by atoms with van der Waals surface area (Å²) in [5.41, 5.74) is 1.15. The van der Waals surface area contributed by atoms with Crippen LogP contribution in [0.3, 0.4) is 0 Å². The highest BCUT2D eigenvalue weighted by Crippen LogP contribution is 2.26. The largest absolute Gasteiger partial charge is 0.328 e. The number of fused-ring (bicyclic) bond motifs is 1. The topological polar surface area (TPSA) is 44.5 Å². The number of halogens is 3. The van der Waals surface area contributed by atoms with Crippen LogP contribution in [0.1, 0.15) is 5.56 Å². The summed E-state index contributed by atoms with van der Waals surface area (Å²) in [6.45, 7) is 0. The molecule has 0 saturated carbocycles. The van der Waals surface area contributed by atoms with E-state index >= 15 is 0 Å². The van der Waals surface area contributed by atoms with E-state index in [-0.39, 0.29) is 15.8 Å². The summed E-state index contributed by atoms with van der Waals surface area (Å²) in [5, 5.41) is 9.24. The smallest absolute Gasteiger partial charge is 0.182 e.